The normalized spacial score (nSPS) is 12.4. The highest BCUT2D eigenvalue weighted by Crippen LogP contribution is 2.22. The molecule has 0 aliphatic rings. The minimum Gasteiger partial charge on any atom is -0.495 e. The number of nitrogens with two attached hydrogens (primary N) is 1. The van der Waals surface area contributed by atoms with E-state index in [4.69, 9.17) is 10.5 Å². The van der Waals surface area contributed by atoms with Crippen molar-refractivity contribution < 1.29 is 4.74 Å². The molecule has 0 unspecified atom stereocenters. The molecule has 1 aromatic carbocycles. The lowest BCUT2D eigenvalue weighted by Crippen LogP contribution is -2.27. The minimum absolute atomic E-state index is 0.195. The van der Waals surface area contributed by atoms with Crippen molar-refractivity contribution >= 4 is 11.6 Å². The van der Waals surface area contributed by atoms with Crippen LogP contribution in [0.1, 0.15) is 20.8 Å². The fraction of sp³-hybridized carbons (Fsp3) is 0.417. The van der Waals surface area contributed by atoms with Gasteiger partial charge in [-0.2, -0.15) is 0 Å². The van der Waals surface area contributed by atoms with E-state index in [0.29, 0.717) is 5.96 Å². The first kappa shape index (κ1) is 12.4. The number of hydrogen-bond acceptors (Lipinski definition) is 2. The van der Waals surface area contributed by atoms with Gasteiger partial charge in [0.1, 0.15) is 5.75 Å². The molecule has 0 bridgehead atoms. The highest BCUT2D eigenvalue weighted by molar-refractivity contribution is 5.93. The molecule has 0 amide bonds. The molecule has 16 heavy (non-hydrogen) atoms. The molecule has 1 rings (SSSR count). The Morgan fingerprint density at radius 2 is 1.94 bits per heavy atom. The number of methoxy groups -OCH3 is 1. The van der Waals surface area contributed by atoms with E-state index in [1.165, 1.54) is 0 Å². The summed E-state index contributed by atoms with van der Waals surface area (Å²) in [6.45, 7) is 5.97. The zero-order valence-corrected chi connectivity index (χ0v) is 10.2. The lowest BCUT2D eigenvalue weighted by atomic mass is 10.1. The number of hydrogen-bond donors (Lipinski definition) is 2. The summed E-state index contributed by atoms with van der Waals surface area (Å²) in [5.41, 5.74) is 6.42. The highest BCUT2D eigenvalue weighted by Gasteiger charge is 2.09. The zero-order chi connectivity index (χ0) is 12.2. The predicted molar refractivity (Wildman–Crippen MR) is 68.0 cm³/mol. The van der Waals surface area contributed by atoms with Crippen molar-refractivity contribution in [2.75, 3.05) is 12.4 Å². The molecular formula is C12H19N3O. The fourth-order valence-electron chi connectivity index (χ4n) is 1.28. The third kappa shape index (κ3) is 3.81. The highest BCUT2D eigenvalue weighted by atomic mass is 16.5. The first-order valence-corrected chi connectivity index (χ1v) is 5.18. The molecule has 0 aliphatic carbocycles. The molecule has 0 radical (unpaired) electrons. The Labute approximate surface area is 96.5 Å². The van der Waals surface area contributed by atoms with Crippen LogP contribution in [0.4, 0.5) is 5.69 Å². The summed E-state index contributed by atoms with van der Waals surface area (Å²) in [5, 5.41) is 3.02. The lowest BCUT2D eigenvalue weighted by Gasteiger charge is -2.15. The molecule has 0 aromatic heterocycles. The average Bonchev–Trinajstić information content (AvgIpc) is 2.15. The predicted octanol–water partition coefficient (Wildman–Crippen LogP) is 2.22. The van der Waals surface area contributed by atoms with E-state index in [1.54, 1.807) is 7.11 Å². The van der Waals surface area contributed by atoms with Gasteiger partial charge < -0.3 is 15.8 Å². The first-order valence-electron chi connectivity index (χ1n) is 5.18. The van der Waals surface area contributed by atoms with Crippen molar-refractivity contribution in [3.8, 4) is 5.75 Å². The van der Waals surface area contributed by atoms with Crippen LogP contribution in [-0.4, -0.2) is 18.6 Å². The SMILES string of the molecule is COc1ccccc1NC(N)=NC(C)(C)C. The standard InChI is InChI=1S/C12H19N3O/c1-12(2,3)15-11(13)14-9-7-5-6-8-10(9)16-4/h5-8H,1-4H3,(H3,13,14,15). The van der Waals surface area contributed by atoms with Crippen molar-refractivity contribution in [2.45, 2.75) is 26.3 Å². The minimum atomic E-state index is -0.195. The molecule has 4 heteroatoms. The maximum absolute atomic E-state index is 5.80. The van der Waals surface area contributed by atoms with Gasteiger partial charge in [0, 0.05) is 0 Å². The van der Waals surface area contributed by atoms with E-state index in [1.807, 2.05) is 45.0 Å². The summed E-state index contributed by atoms with van der Waals surface area (Å²) in [4.78, 5) is 4.31. The fourth-order valence-corrected chi connectivity index (χ4v) is 1.28. The Bertz CT molecular complexity index is 380. The number of guanidine groups is 1. The molecule has 0 saturated heterocycles. The maximum Gasteiger partial charge on any atom is 0.193 e. The van der Waals surface area contributed by atoms with Crippen LogP contribution in [0.2, 0.25) is 0 Å². The van der Waals surface area contributed by atoms with Crippen molar-refractivity contribution in [3.63, 3.8) is 0 Å². The second-order valence-electron chi connectivity index (χ2n) is 4.49. The Hall–Kier alpha value is -1.71. The van der Waals surface area contributed by atoms with E-state index in [2.05, 4.69) is 10.3 Å². The van der Waals surface area contributed by atoms with Gasteiger partial charge in [0.05, 0.1) is 18.3 Å². The third-order valence-corrected chi connectivity index (χ3v) is 1.83. The van der Waals surface area contributed by atoms with Crippen molar-refractivity contribution in [1.82, 2.24) is 0 Å². The first-order chi connectivity index (χ1) is 7.42. The van der Waals surface area contributed by atoms with Gasteiger partial charge in [0.25, 0.3) is 0 Å². The summed E-state index contributed by atoms with van der Waals surface area (Å²) in [5.74, 6) is 1.13. The topological polar surface area (TPSA) is 59.6 Å². The van der Waals surface area contributed by atoms with Gasteiger partial charge in [0.15, 0.2) is 5.96 Å². The van der Waals surface area contributed by atoms with Crippen LogP contribution in [0.25, 0.3) is 0 Å². The van der Waals surface area contributed by atoms with Crippen LogP contribution in [0.5, 0.6) is 5.75 Å². The number of rotatable bonds is 2. The Balaban J connectivity index is 2.85. The second-order valence-corrected chi connectivity index (χ2v) is 4.49. The Kier molecular flexibility index (Phi) is 3.77. The molecule has 0 atom stereocenters. The number of ether oxygens (including phenoxy) is 1. The van der Waals surface area contributed by atoms with Gasteiger partial charge in [0.2, 0.25) is 0 Å². The van der Waals surface area contributed by atoms with E-state index in [9.17, 15) is 0 Å². The molecule has 0 fully saturated rings. The number of nitrogens with one attached hydrogen (secondary N) is 1. The summed E-state index contributed by atoms with van der Waals surface area (Å²) in [6, 6.07) is 7.58. The molecule has 0 saturated carbocycles. The quantitative estimate of drug-likeness (QED) is 0.594. The Morgan fingerprint density at radius 3 is 2.50 bits per heavy atom. The number of benzene rings is 1. The number of para-hydroxylation sites is 2. The van der Waals surface area contributed by atoms with Crippen LogP contribution in [0.15, 0.2) is 29.3 Å². The van der Waals surface area contributed by atoms with Crippen LogP contribution >= 0.6 is 0 Å². The van der Waals surface area contributed by atoms with Crippen molar-refractivity contribution in [2.24, 2.45) is 10.7 Å². The molecule has 4 nitrogen and oxygen atoms in total. The molecule has 1 aromatic rings. The van der Waals surface area contributed by atoms with E-state index < -0.39 is 0 Å². The largest absolute Gasteiger partial charge is 0.495 e. The zero-order valence-electron chi connectivity index (χ0n) is 10.2. The van der Waals surface area contributed by atoms with Crippen LogP contribution in [0, 0.1) is 0 Å². The van der Waals surface area contributed by atoms with E-state index >= 15 is 0 Å². The molecule has 88 valence electrons. The van der Waals surface area contributed by atoms with Crippen LogP contribution in [0.3, 0.4) is 0 Å². The van der Waals surface area contributed by atoms with Gasteiger partial charge in [-0.15, -0.1) is 0 Å². The van der Waals surface area contributed by atoms with Gasteiger partial charge in [-0.25, -0.2) is 4.99 Å². The van der Waals surface area contributed by atoms with E-state index in [0.717, 1.165) is 11.4 Å². The second kappa shape index (κ2) is 4.88. The van der Waals surface area contributed by atoms with Crippen LogP contribution in [-0.2, 0) is 0 Å². The Morgan fingerprint density at radius 1 is 1.31 bits per heavy atom. The maximum atomic E-state index is 5.80. The van der Waals surface area contributed by atoms with Crippen molar-refractivity contribution in [3.05, 3.63) is 24.3 Å². The van der Waals surface area contributed by atoms with Gasteiger partial charge in [-0.1, -0.05) is 12.1 Å². The summed E-state index contributed by atoms with van der Waals surface area (Å²) in [7, 11) is 1.62. The van der Waals surface area contributed by atoms with Crippen molar-refractivity contribution in [1.29, 1.82) is 0 Å². The number of anilines is 1. The van der Waals surface area contributed by atoms with Gasteiger partial charge in [-0.05, 0) is 32.9 Å². The third-order valence-electron chi connectivity index (χ3n) is 1.83. The summed E-state index contributed by atoms with van der Waals surface area (Å²) >= 11 is 0. The lowest BCUT2D eigenvalue weighted by molar-refractivity contribution is 0.417. The smallest absolute Gasteiger partial charge is 0.193 e. The van der Waals surface area contributed by atoms with Gasteiger partial charge >= 0.3 is 0 Å². The molecule has 3 N–H and O–H groups in total. The van der Waals surface area contributed by atoms with Crippen LogP contribution < -0.4 is 15.8 Å². The molecular weight excluding hydrogens is 202 g/mol. The number of nitrogens with zero attached hydrogens (tertiary/aromatic N) is 1. The number of aliphatic imine (C=N–C) groups is 1. The molecule has 0 heterocycles. The average molecular weight is 221 g/mol. The summed E-state index contributed by atoms with van der Waals surface area (Å²) < 4.78 is 5.20. The molecule has 0 spiro atoms. The molecule has 0 aliphatic heterocycles. The summed E-state index contributed by atoms with van der Waals surface area (Å²) in [6.07, 6.45) is 0. The van der Waals surface area contributed by atoms with E-state index in [-0.39, 0.29) is 5.54 Å². The monoisotopic (exact) mass is 221 g/mol. The van der Waals surface area contributed by atoms with Gasteiger partial charge in [-0.3, -0.25) is 0 Å².